The molecule has 1 aliphatic heterocycles. The molecular formula is C19H25NO3. The summed E-state index contributed by atoms with van der Waals surface area (Å²) in [5, 5.41) is 3.02. The standard InChI is InChI=1S/C19H25NO3/c21-18(12-14-6-2-1-3-7-14)20-15-8-9-16-17(13-15)23-19(22-16)10-4-5-11-19/h8-9,13-14H,1-7,10-12H2,(H,20,21). The molecule has 4 nitrogen and oxygen atoms in total. The normalized spacial score (nSPS) is 22.4. The van der Waals surface area contributed by atoms with E-state index < -0.39 is 5.79 Å². The molecule has 0 aromatic heterocycles. The number of hydrogen-bond donors (Lipinski definition) is 1. The maximum Gasteiger partial charge on any atom is 0.251 e. The van der Waals surface area contributed by atoms with Gasteiger partial charge in [-0.15, -0.1) is 0 Å². The van der Waals surface area contributed by atoms with Gasteiger partial charge in [0, 0.05) is 31.0 Å². The quantitative estimate of drug-likeness (QED) is 0.884. The van der Waals surface area contributed by atoms with E-state index in [0.717, 1.165) is 42.9 Å². The van der Waals surface area contributed by atoms with Gasteiger partial charge in [-0.3, -0.25) is 4.79 Å². The summed E-state index contributed by atoms with van der Waals surface area (Å²) < 4.78 is 12.1. The monoisotopic (exact) mass is 315 g/mol. The van der Waals surface area contributed by atoms with Gasteiger partial charge in [0.05, 0.1) is 0 Å². The van der Waals surface area contributed by atoms with Crippen molar-refractivity contribution < 1.29 is 14.3 Å². The number of rotatable bonds is 3. The molecule has 2 fully saturated rings. The van der Waals surface area contributed by atoms with E-state index in [4.69, 9.17) is 9.47 Å². The highest BCUT2D eigenvalue weighted by Crippen LogP contribution is 2.47. The summed E-state index contributed by atoms with van der Waals surface area (Å²) in [5.41, 5.74) is 0.809. The lowest BCUT2D eigenvalue weighted by molar-refractivity contribution is -0.117. The fourth-order valence-corrected chi connectivity index (χ4v) is 4.15. The molecule has 0 saturated heterocycles. The summed E-state index contributed by atoms with van der Waals surface area (Å²) in [6.07, 6.45) is 11.1. The van der Waals surface area contributed by atoms with Crippen LogP contribution in [0.2, 0.25) is 0 Å². The predicted molar refractivity (Wildman–Crippen MR) is 88.7 cm³/mol. The molecule has 0 radical (unpaired) electrons. The first-order valence-electron chi connectivity index (χ1n) is 9.04. The number of anilines is 1. The third kappa shape index (κ3) is 3.17. The van der Waals surface area contributed by atoms with Crippen LogP contribution < -0.4 is 14.8 Å². The maximum atomic E-state index is 12.2. The lowest BCUT2D eigenvalue weighted by atomic mass is 9.87. The van der Waals surface area contributed by atoms with E-state index in [1.165, 1.54) is 32.1 Å². The lowest BCUT2D eigenvalue weighted by Gasteiger charge is -2.21. The molecule has 1 heterocycles. The first-order chi connectivity index (χ1) is 11.2. The van der Waals surface area contributed by atoms with Gasteiger partial charge >= 0.3 is 0 Å². The molecule has 4 heteroatoms. The van der Waals surface area contributed by atoms with Crippen molar-refractivity contribution in [2.24, 2.45) is 5.92 Å². The van der Waals surface area contributed by atoms with Crippen molar-refractivity contribution in [3.05, 3.63) is 18.2 Å². The number of carbonyl (C=O) groups excluding carboxylic acids is 1. The van der Waals surface area contributed by atoms with Gasteiger partial charge < -0.3 is 14.8 Å². The van der Waals surface area contributed by atoms with Crippen molar-refractivity contribution in [2.45, 2.75) is 70.0 Å². The van der Waals surface area contributed by atoms with Crippen LogP contribution in [0.3, 0.4) is 0 Å². The summed E-state index contributed by atoms with van der Waals surface area (Å²) in [4.78, 5) is 12.2. The summed E-state index contributed by atoms with van der Waals surface area (Å²) in [5.74, 6) is 1.80. The third-order valence-electron chi connectivity index (χ3n) is 5.38. The molecule has 1 N–H and O–H groups in total. The molecule has 1 amide bonds. The van der Waals surface area contributed by atoms with Gasteiger partial charge in [-0.2, -0.15) is 0 Å². The molecule has 2 saturated carbocycles. The van der Waals surface area contributed by atoms with Gasteiger partial charge in [-0.1, -0.05) is 19.3 Å². The minimum atomic E-state index is -0.437. The summed E-state index contributed by atoms with van der Waals surface area (Å²) >= 11 is 0. The Hall–Kier alpha value is -1.71. The molecule has 0 atom stereocenters. The second-order valence-corrected chi connectivity index (χ2v) is 7.24. The smallest absolute Gasteiger partial charge is 0.251 e. The van der Waals surface area contributed by atoms with E-state index in [0.29, 0.717) is 12.3 Å². The Morgan fingerprint density at radius 1 is 1.04 bits per heavy atom. The van der Waals surface area contributed by atoms with Crippen molar-refractivity contribution in [3.8, 4) is 11.5 Å². The number of ether oxygens (including phenoxy) is 2. The van der Waals surface area contributed by atoms with Crippen LogP contribution in [0, 0.1) is 5.92 Å². The van der Waals surface area contributed by atoms with Gasteiger partial charge in [0.2, 0.25) is 5.91 Å². The van der Waals surface area contributed by atoms with Gasteiger partial charge in [0.15, 0.2) is 11.5 Å². The Bertz CT molecular complexity index is 586. The minimum Gasteiger partial charge on any atom is -0.448 e. The van der Waals surface area contributed by atoms with E-state index in [9.17, 15) is 4.79 Å². The highest BCUT2D eigenvalue weighted by molar-refractivity contribution is 5.91. The number of nitrogens with one attached hydrogen (secondary N) is 1. The van der Waals surface area contributed by atoms with Crippen LogP contribution in [0.1, 0.15) is 64.2 Å². The number of carbonyl (C=O) groups is 1. The van der Waals surface area contributed by atoms with Crippen molar-refractivity contribution in [3.63, 3.8) is 0 Å². The van der Waals surface area contributed by atoms with Crippen LogP contribution in [-0.2, 0) is 4.79 Å². The average molecular weight is 315 g/mol. The van der Waals surface area contributed by atoms with E-state index in [1.54, 1.807) is 0 Å². The Labute approximate surface area is 137 Å². The number of fused-ring (bicyclic) bond motifs is 1. The van der Waals surface area contributed by atoms with E-state index >= 15 is 0 Å². The number of hydrogen-bond acceptors (Lipinski definition) is 3. The fraction of sp³-hybridized carbons (Fsp3) is 0.632. The van der Waals surface area contributed by atoms with E-state index in [1.807, 2.05) is 18.2 Å². The van der Waals surface area contributed by atoms with Crippen LogP contribution in [0.5, 0.6) is 11.5 Å². The summed E-state index contributed by atoms with van der Waals surface area (Å²) in [6.45, 7) is 0. The van der Waals surface area contributed by atoms with Crippen LogP contribution in [0.25, 0.3) is 0 Å². The Kier molecular flexibility index (Phi) is 3.92. The predicted octanol–water partition coefficient (Wildman–Crippen LogP) is 4.64. The summed E-state index contributed by atoms with van der Waals surface area (Å²) in [7, 11) is 0. The molecule has 1 aromatic rings. The number of benzene rings is 1. The zero-order valence-electron chi connectivity index (χ0n) is 13.6. The van der Waals surface area contributed by atoms with Crippen LogP contribution in [0.15, 0.2) is 18.2 Å². The van der Waals surface area contributed by atoms with Gasteiger partial charge in [-0.25, -0.2) is 0 Å². The molecule has 0 unspecified atom stereocenters. The maximum absolute atomic E-state index is 12.2. The molecule has 1 aromatic carbocycles. The Morgan fingerprint density at radius 3 is 2.57 bits per heavy atom. The largest absolute Gasteiger partial charge is 0.448 e. The first-order valence-corrected chi connectivity index (χ1v) is 9.04. The fourth-order valence-electron chi connectivity index (χ4n) is 4.15. The SMILES string of the molecule is O=C(CC1CCCCC1)Nc1ccc2c(c1)OC1(CCCC1)O2. The molecule has 23 heavy (non-hydrogen) atoms. The van der Waals surface area contributed by atoms with Crippen molar-refractivity contribution in [2.75, 3.05) is 5.32 Å². The highest BCUT2D eigenvalue weighted by atomic mass is 16.7. The zero-order chi connectivity index (χ0) is 15.7. The molecule has 2 aliphatic carbocycles. The third-order valence-corrected chi connectivity index (χ3v) is 5.38. The molecule has 1 spiro atoms. The molecular weight excluding hydrogens is 290 g/mol. The van der Waals surface area contributed by atoms with Crippen LogP contribution in [0.4, 0.5) is 5.69 Å². The number of amides is 1. The average Bonchev–Trinajstić information content (AvgIpc) is 3.14. The molecule has 4 rings (SSSR count). The Morgan fingerprint density at radius 2 is 1.78 bits per heavy atom. The zero-order valence-corrected chi connectivity index (χ0v) is 13.6. The lowest BCUT2D eigenvalue weighted by Crippen LogP contribution is -2.34. The highest BCUT2D eigenvalue weighted by Gasteiger charge is 2.44. The van der Waals surface area contributed by atoms with Crippen molar-refractivity contribution in [1.29, 1.82) is 0 Å². The second kappa shape index (κ2) is 6.06. The van der Waals surface area contributed by atoms with Gasteiger partial charge in [0.1, 0.15) is 0 Å². The van der Waals surface area contributed by atoms with Gasteiger partial charge in [-0.05, 0) is 43.7 Å². The molecule has 0 bridgehead atoms. The topological polar surface area (TPSA) is 47.6 Å². The second-order valence-electron chi connectivity index (χ2n) is 7.24. The molecule has 3 aliphatic rings. The van der Waals surface area contributed by atoms with Crippen molar-refractivity contribution in [1.82, 2.24) is 0 Å². The Balaban J connectivity index is 1.38. The molecule has 124 valence electrons. The van der Waals surface area contributed by atoms with Crippen molar-refractivity contribution >= 4 is 11.6 Å². The van der Waals surface area contributed by atoms with E-state index in [-0.39, 0.29) is 5.91 Å². The van der Waals surface area contributed by atoms with Crippen LogP contribution in [-0.4, -0.2) is 11.7 Å². The van der Waals surface area contributed by atoms with Gasteiger partial charge in [0.25, 0.3) is 5.79 Å². The summed E-state index contributed by atoms with van der Waals surface area (Å²) in [6, 6.07) is 5.73. The first kappa shape index (κ1) is 14.9. The van der Waals surface area contributed by atoms with Crippen LogP contribution >= 0.6 is 0 Å². The van der Waals surface area contributed by atoms with E-state index in [2.05, 4.69) is 5.32 Å². The minimum absolute atomic E-state index is 0.117.